The number of fused-ring (bicyclic) bond motifs is 1. The van der Waals surface area contributed by atoms with Gasteiger partial charge < -0.3 is 4.90 Å². The van der Waals surface area contributed by atoms with E-state index in [1.165, 1.54) is 0 Å². The first-order valence-electron chi connectivity index (χ1n) is 10.6. The summed E-state index contributed by atoms with van der Waals surface area (Å²) in [5.74, 6) is 0.406. The third kappa shape index (κ3) is 3.92. The van der Waals surface area contributed by atoms with Crippen LogP contribution in [0.3, 0.4) is 0 Å². The zero-order chi connectivity index (χ0) is 22.8. The number of aryl methyl sites for hydroxylation is 1. The molecule has 3 aromatic carbocycles. The molecule has 0 aliphatic carbocycles. The van der Waals surface area contributed by atoms with Gasteiger partial charge in [-0.05, 0) is 68.8 Å². The molecule has 1 heterocycles. The maximum Gasteiger partial charge on any atom is 0.266 e. The van der Waals surface area contributed by atoms with E-state index >= 15 is 0 Å². The zero-order valence-electron chi connectivity index (χ0n) is 18.2. The Balaban J connectivity index is 1.91. The fourth-order valence-electron chi connectivity index (χ4n) is 3.97. The molecule has 1 amide bonds. The van der Waals surface area contributed by atoms with Gasteiger partial charge in [-0.1, -0.05) is 41.9 Å². The quantitative estimate of drug-likeness (QED) is 0.403. The van der Waals surface area contributed by atoms with Gasteiger partial charge in [-0.25, -0.2) is 4.98 Å². The number of amides is 1. The topological polar surface area (TPSA) is 55.2 Å². The lowest BCUT2D eigenvalue weighted by Crippen LogP contribution is -2.37. The summed E-state index contributed by atoms with van der Waals surface area (Å²) in [5, 5.41) is 1.10. The molecule has 6 heteroatoms. The molecule has 0 spiro atoms. The van der Waals surface area contributed by atoms with Crippen LogP contribution < -0.4 is 5.56 Å². The van der Waals surface area contributed by atoms with E-state index in [4.69, 9.17) is 16.6 Å². The smallest absolute Gasteiger partial charge is 0.266 e. The van der Waals surface area contributed by atoms with Gasteiger partial charge in [0.05, 0.1) is 22.6 Å². The molecule has 0 saturated heterocycles. The van der Waals surface area contributed by atoms with E-state index < -0.39 is 6.04 Å². The van der Waals surface area contributed by atoms with Crippen LogP contribution in [0.15, 0.2) is 77.6 Å². The Hall–Kier alpha value is -3.44. The van der Waals surface area contributed by atoms with Crippen molar-refractivity contribution >= 4 is 28.4 Å². The molecule has 0 fully saturated rings. The molecule has 5 nitrogen and oxygen atoms in total. The van der Waals surface area contributed by atoms with Crippen LogP contribution >= 0.6 is 11.6 Å². The number of nitrogens with zero attached hydrogens (tertiary/aromatic N) is 3. The van der Waals surface area contributed by atoms with Gasteiger partial charge >= 0.3 is 0 Å². The number of carbonyl (C=O) groups excluding carboxylic acids is 1. The number of hydrogen-bond donors (Lipinski definition) is 0. The van der Waals surface area contributed by atoms with Crippen molar-refractivity contribution in [1.29, 1.82) is 0 Å². The number of halogens is 1. The number of benzene rings is 3. The Morgan fingerprint density at radius 3 is 2.38 bits per heavy atom. The van der Waals surface area contributed by atoms with Crippen molar-refractivity contribution < 1.29 is 4.79 Å². The normalized spacial score (nSPS) is 12.0. The van der Waals surface area contributed by atoms with Crippen molar-refractivity contribution in [2.24, 2.45) is 0 Å². The standard InChI is InChI=1S/C26H24ClN3O2/c1-4-29(25(31)21-10-6-5-9-17(21)2)18(3)24-28-23-12-8-7-11-22(23)26(32)30(24)20-15-13-19(27)14-16-20/h5-16,18H,4H2,1-3H3. The van der Waals surface area contributed by atoms with Crippen molar-refractivity contribution in [3.63, 3.8) is 0 Å². The predicted octanol–water partition coefficient (Wildman–Crippen LogP) is 5.57. The highest BCUT2D eigenvalue weighted by atomic mass is 35.5. The second-order valence-electron chi connectivity index (χ2n) is 7.69. The largest absolute Gasteiger partial charge is 0.329 e. The summed E-state index contributed by atoms with van der Waals surface area (Å²) in [4.78, 5) is 33.6. The fourth-order valence-corrected chi connectivity index (χ4v) is 4.10. The monoisotopic (exact) mass is 445 g/mol. The van der Waals surface area contributed by atoms with Gasteiger partial charge in [0, 0.05) is 17.1 Å². The van der Waals surface area contributed by atoms with Crippen LogP contribution in [-0.2, 0) is 0 Å². The molecular formula is C26H24ClN3O2. The van der Waals surface area contributed by atoms with Crippen LogP contribution in [0.4, 0.5) is 0 Å². The number of para-hydroxylation sites is 1. The van der Waals surface area contributed by atoms with Crippen LogP contribution in [0.2, 0.25) is 5.02 Å². The Kier molecular flexibility index (Phi) is 6.10. The summed E-state index contributed by atoms with van der Waals surface area (Å²) < 4.78 is 1.58. The Labute approximate surface area is 191 Å². The molecule has 162 valence electrons. The molecule has 0 bridgehead atoms. The van der Waals surface area contributed by atoms with Crippen LogP contribution in [0.1, 0.15) is 41.6 Å². The molecular weight excluding hydrogens is 422 g/mol. The van der Waals surface area contributed by atoms with Crippen molar-refractivity contribution in [3.8, 4) is 5.69 Å². The molecule has 0 radical (unpaired) electrons. The lowest BCUT2D eigenvalue weighted by Gasteiger charge is -2.30. The molecule has 1 atom stereocenters. The number of hydrogen-bond acceptors (Lipinski definition) is 3. The highest BCUT2D eigenvalue weighted by Gasteiger charge is 2.27. The molecule has 4 aromatic rings. The van der Waals surface area contributed by atoms with Crippen LogP contribution in [-0.4, -0.2) is 26.9 Å². The van der Waals surface area contributed by atoms with E-state index in [2.05, 4.69) is 0 Å². The molecule has 1 unspecified atom stereocenters. The number of carbonyl (C=O) groups is 1. The van der Waals surface area contributed by atoms with Crippen molar-refractivity contribution in [1.82, 2.24) is 14.5 Å². The van der Waals surface area contributed by atoms with Crippen molar-refractivity contribution in [2.45, 2.75) is 26.8 Å². The average molecular weight is 446 g/mol. The first-order valence-corrected chi connectivity index (χ1v) is 10.9. The molecule has 1 aromatic heterocycles. The second kappa shape index (κ2) is 8.97. The fraction of sp³-hybridized carbons (Fsp3) is 0.192. The number of rotatable bonds is 5. The Morgan fingerprint density at radius 2 is 1.69 bits per heavy atom. The van der Waals surface area contributed by atoms with E-state index in [1.807, 2.05) is 63.2 Å². The van der Waals surface area contributed by atoms with E-state index in [-0.39, 0.29) is 11.5 Å². The van der Waals surface area contributed by atoms with Gasteiger partial charge in [-0.15, -0.1) is 0 Å². The highest BCUT2D eigenvalue weighted by molar-refractivity contribution is 6.30. The van der Waals surface area contributed by atoms with Gasteiger partial charge in [0.15, 0.2) is 0 Å². The minimum Gasteiger partial charge on any atom is -0.329 e. The van der Waals surface area contributed by atoms with Gasteiger partial charge in [0.25, 0.3) is 11.5 Å². The van der Waals surface area contributed by atoms with E-state index in [9.17, 15) is 9.59 Å². The third-order valence-corrected chi connectivity index (χ3v) is 5.96. The first kappa shape index (κ1) is 21.8. The molecule has 0 N–H and O–H groups in total. The summed E-state index contributed by atoms with van der Waals surface area (Å²) in [6.45, 7) is 6.22. The summed E-state index contributed by atoms with van der Waals surface area (Å²) in [7, 11) is 0. The molecule has 4 rings (SSSR count). The molecule has 0 aliphatic rings. The Bertz CT molecular complexity index is 1350. The molecule has 0 aliphatic heterocycles. The van der Waals surface area contributed by atoms with Crippen LogP contribution in [0.25, 0.3) is 16.6 Å². The van der Waals surface area contributed by atoms with Gasteiger partial charge in [0.2, 0.25) is 0 Å². The average Bonchev–Trinajstić information content (AvgIpc) is 2.80. The van der Waals surface area contributed by atoms with Crippen molar-refractivity contribution in [2.75, 3.05) is 6.54 Å². The summed E-state index contributed by atoms with van der Waals surface area (Å²) in [5.41, 5.74) is 2.62. The van der Waals surface area contributed by atoms with E-state index in [1.54, 1.807) is 39.8 Å². The number of aromatic nitrogens is 2. The van der Waals surface area contributed by atoms with Crippen LogP contribution in [0.5, 0.6) is 0 Å². The lowest BCUT2D eigenvalue weighted by molar-refractivity contribution is 0.0692. The Morgan fingerprint density at radius 1 is 1.03 bits per heavy atom. The molecule has 0 saturated carbocycles. The summed E-state index contributed by atoms with van der Waals surface area (Å²) >= 11 is 6.08. The highest BCUT2D eigenvalue weighted by Crippen LogP contribution is 2.25. The van der Waals surface area contributed by atoms with Gasteiger partial charge in [0.1, 0.15) is 5.82 Å². The van der Waals surface area contributed by atoms with Crippen molar-refractivity contribution in [3.05, 3.63) is 105 Å². The van der Waals surface area contributed by atoms with E-state index in [0.717, 1.165) is 5.56 Å². The lowest BCUT2D eigenvalue weighted by atomic mass is 10.1. The first-order chi connectivity index (χ1) is 15.4. The minimum absolute atomic E-state index is 0.0943. The maximum absolute atomic E-state index is 13.5. The predicted molar refractivity (Wildman–Crippen MR) is 129 cm³/mol. The van der Waals surface area contributed by atoms with E-state index in [0.29, 0.717) is 39.5 Å². The summed E-state index contributed by atoms with van der Waals surface area (Å²) in [6, 6.07) is 21.4. The summed E-state index contributed by atoms with van der Waals surface area (Å²) in [6.07, 6.45) is 0. The van der Waals surface area contributed by atoms with Gasteiger partial charge in [-0.3, -0.25) is 14.2 Å². The maximum atomic E-state index is 13.5. The SMILES string of the molecule is CCN(C(=O)c1ccccc1C)C(C)c1nc2ccccc2c(=O)n1-c1ccc(Cl)cc1. The van der Waals surface area contributed by atoms with Crippen LogP contribution in [0, 0.1) is 6.92 Å². The van der Waals surface area contributed by atoms with Gasteiger partial charge in [-0.2, -0.15) is 0 Å². The zero-order valence-corrected chi connectivity index (χ0v) is 19.0. The molecule has 32 heavy (non-hydrogen) atoms. The second-order valence-corrected chi connectivity index (χ2v) is 8.12. The minimum atomic E-state index is -0.444. The third-order valence-electron chi connectivity index (χ3n) is 5.70.